The highest BCUT2D eigenvalue weighted by molar-refractivity contribution is 6.32. The Morgan fingerprint density at radius 1 is 1.44 bits per heavy atom. The molecule has 0 radical (unpaired) electrons. The maximum atomic E-state index is 9.70. The minimum Gasteiger partial charge on any atom is -0.503 e. The highest BCUT2D eigenvalue weighted by Crippen LogP contribution is 2.36. The first-order chi connectivity index (χ1) is 8.41. The Kier molecular flexibility index (Phi) is 3.74. The largest absolute Gasteiger partial charge is 0.503 e. The van der Waals surface area contributed by atoms with E-state index in [1.54, 1.807) is 0 Å². The summed E-state index contributed by atoms with van der Waals surface area (Å²) in [5.41, 5.74) is 1.47. The lowest BCUT2D eigenvalue weighted by Crippen LogP contribution is -2.22. The van der Waals surface area contributed by atoms with Crippen LogP contribution in [0.2, 0.25) is 5.02 Å². The molecule has 1 heterocycles. The van der Waals surface area contributed by atoms with Crippen LogP contribution in [0, 0.1) is 5.41 Å². The Morgan fingerprint density at radius 2 is 2.17 bits per heavy atom. The van der Waals surface area contributed by atoms with Crippen molar-refractivity contribution in [3.8, 4) is 11.5 Å². The van der Waals surface area contributed by atoms with Crippen LogP contribution in [0.3, 0.4) is 0 Å². The molecule has 1 aromatic carbocycles. The smallest absolute Gasteiger partial charge is 0.176 e. The maximum absolute atomic E-state index is 9.70. The highest BCUT2D eigenvalue weighted by Gasteiger charge is 2.29. The summed E-state index contributed by atoms with van der Waals surface area (Å²) in [6.45, 7) is 7.62. The van der Waals surface area contributed by atoms with Crippen molar-refractivity contribution in [2.24, 2.45) is 5.41 Å². The molecule has 0 aliphatic carbocycles. The van der Waals surface area contributed by atoms with Crippen molar-refractivity contribution in [2.45, 2.75) is 26.8 Å². The first-order valence-electron chi connectivity index (χ1n) is 6.19. The van der Waals surface area contributed by atoms with Crippen molar-refractivity contribution in [3.63, 3.8) is 0 Å². The Hall–Kier alpha value is -0.930. The van der Waals surface area contributed by atoms with Crippen LogP contribution < -0.4 is 4.74 Å². The molecule has 0 amide bonds. The standard InChI is InChI=1S/C14H20ClNO2/c1-14(2)4-5-16(9-14)8-10-6-11(15)13(17)12(7-10)18-3/h6-7,17H,4-5,8-9H2,1-3H3. The van der Waals surface area contributed by atoms with Crippen molar-refractivity contribution in [1.82, 2.24) is 4.90 Å². The first kappa shape index (κ1) is 13.5. The number of halogens is 1. The van der Waals surface area contributed by atoms with Crippen LogP contribution in [0.25, 0.3) is 0 Å². The molecule has 100 valence electrons. The molecule has 0 saturated carbocycles. The quantitative estimate of drug-likeness (QED) is 0.914. The molecule has 1 aliphatic rings. The van der Waals surface area contributed by atoms with Crippen LogP contribution in [0.4, 0.5) is 0 Å². The van der Waals surface area contributed by atoms with E-state index in [1.165, 1.54) is 13.5 Å². The van der Waals surface area contributed by atoms with Gasteiger partial charge in [0.2, 0.25) is 0 Å². The van der Waals surface area contributed by atoms with Crippen LogP contribution in [0.1, 0.15) is 25.8 Å². The van der Waals surface area contributed by atoms with Gasteiger partial charge in [0.15, 0.2) is 11.5 Å². The Labute approximate surface area is 113 Å². The molecule has 0 unspecified atom stereocenters. The molecule has 0 atom stereocenters. The molecule has 1 saturated heterocycles. The molecule has 3 nitrogen and oxygen atoms in total. The summed E-state index contributed by atoms with van der Waals surface area (Å²) in [6.07, 6.45) is 1.22. The predicted molar refractivity (Wildman–Crippen MR) is 73.3 cm³/mol. The zero-order chi connectivity index (χ0) is 13.3. The number of rotatable bonds is 3. The number of phenolic OH excluding ortho intramolecular Hbond substituents is 1. The number of aromatic hydroxyl groups is 1. The Balaban J connectivity index is 2.13. The SMILES string of the molecule is COc1cc(CN2CCC(C)(C)C2)cc(Cl)c1O. The van der Waals surface area contributed by atoms with Crippen LogP contribution in [-0.2, 0) is 6.54 Å². The fraction of sp³-hybridized carbons (Fsp3) is 0.571. The summed E-state index contributed by atoms with van der Waals surface area (Å²) in [7, 11) is 1.54. The first-order valence-corrected chi connectivity index (χ1v) is 6.57. The van der Waals surface area contributed by atoms with Crippen LogP contribution >= 0.6 is 11.6 Å². The average molecular weight is 270 g/mol. The summed E-state index contributed by atoms with van der Waals surface area (Å²) in [6, 6.07) is 3.66. The van der Waals surface area contributed by atoms with Gasteiger partial charge in [0, 0.05) is 13.1 Å². The number of hydrogen-bond acceptors (Lipinski definition) is 3. The zero-order valence-electron chi connectivity index (χ0n) is 11.2. The number of likely N-dealkylation sites (tertiary alicyclic amines) is 1. The van der Waals surface area contributed by atoms with Gasteiger partial charge in [-0.3, -0.25) is 4.90 Å². The molecule has 1 aliphatic heterocycles. The van der Waals surface area contributed by atoms with E-state index in [9.17, 15) is 5.11 Å². The van der Waals surface area contributed by atoms with Gasteiger partial charge in [0.25, 0.3) is 0 Å². The topological polar surface area (TPSA) is 32.7 Å². The van der Waals surface area contributed by atoms with Crippen molar-refractivity contribution < 1.29 is 9.84 Å². The van der Waals surface area contributed by atoms with Crippen molar-refractivity contribution in [1.29, 1.82) is 0 Å². The highest BCUT2D eigenvalue weighted by atomic mass is 35.5. The van der Waals surface area contributed by atoms with Gasteiger partial charge in [-0.15, -0.1) is 0 Å². The molecule has 0 spiro atoms. The second-order valence-electron chi connectivity index (χ2n) is 5.75. The number of benzene rings is 1. The summed E-state index contributed by atoms with van der Waals surface area (Å²) in [4.78, 5) is 2.40. The molecule has 0 aromatic heterocycles. The molecule has 0 bridgehead atoms. The van der Waals surface area contributed by atoms with Gasteiger partial charge in [0.1, 0.15) is 0 Å². The Bertz CT molecular complexity index is 446. The number of hydrogen-bond donors (Lipinski definition) is 1. The molecule has 1 N–H and O–H groups in total. The molecule has 18 heavy (non-hydrogen) atoms. The van der Waals surface area contributed by atoms with Gasteiger partial charge < -0.3 is 9.84 Å². The fourth-order valence-corrected chi connectivity index (χ4v) is 2.72. The maximum Gasteiger partial charge on any atom is 0.176 e. The van der Waals surface area contributed by atoms with E-state index in [1.807, 2.05) is 12.1 Å². The lowest BCUT2D eigenvalue weighted by atomic mass is 9.93. The van der Waals surface area contributed by atoms with Crippen molar-refractivity contribution >= 4 is 11.6 Å². The normalized spacial score (nSPS) is 19.1. The number of nitrogens with zero attached hydrogens (tertiary/aromatic N) is 1. The third kappa shape index (κ3) is 2.90. The summed E-state index contributed by atoms with van der Waals surface area (Å²) in [5, 5.41) is 10.0. The van der Waals surface area contributed by atoms with E-state index < -0.39 is 0 Å². The minimum absolute atomic E-state index is 0.0182. The van der Waals surface area contributed by atoms with E-state index in [-0.39, 0.29) is 5.75 Å². The van der Waals surface area contributed by atoms with Crippen LogP contribution in [0.5, 0.6) is 11.5 Å². The van der Waals surface area contributed by atoms with Gasteiger partial charge in [-0.25, -0.2) is 0 Å². The van der Waals surface area contributed by atoms with Gasteiger partial charge in [-0.1, -0.05) is 25.4 Å². The second-order valence-corrected chi connectivity index (χ2v) is 6.16. The van der Waals surface area contributed by atoms with E-state index in [4.69, 9.17) is 16.3 Å². The lowest BCUT2D eigenvalue weighted by Gasteiger charge is -2.20. The molecular weight excluding hydrogens is 250 g/mol. The van der Waals surface area contributed by atoms with Crippen LogP contribution in [-0.4, -0.2) is 30.2 Å². The number of phenols is 1. The zero-order valence-corrected chi connectivity index (χ0v) is 11.9. The number of methoxy groups -OCH3 is 1. The molecule has 4 heteroatoms. The molecular formula is C14H20ClNO2. The van der Waals surface area contributed by atoms with Crippen molar-refractivity contribution in [3.05, 3.63) is 22.7 Å². The van der Waals surface area contributed by atoms with E-state index >= 15 is 0 Å². The van der Waals surface area contributed by atoms with Crippen LogP contribution in [0.15, 0.2) is 12.1 Å². The Morgan fingerprint density at radius 3 is 2.72 bits per heavy atom. The third-order valence-corrected chi connectivity index (χ3v) is 3.76. The third-order valence-electron chi connectivity index (χ3n) is 3.47. The average Bonchev–Trinajstić information content (AvgIpc) is 2.63. The lowest BCUT2D eigenvalue weighted by molar-refractivity contribution is 0.283. The monoisotopic (exact) mass is 269 g/mol. The van der Waals surface area contributed by atoms with Crippen molar-refractivity contribution in [2.75, 3.05) is 20.2 Å². The molecule has 1 fully saturated rings. The summed E-state index contributed by atoms with van der Waals surface area (Å²) < 4.78 is 5.12. The molecule has 2 rings (SSSR count). The van der Waals surface area contributed by atoms with Gasteiger partial charge in [0.05, 0.1) is 12.1 Å². The van der Waals surface area contributed by atoms with Gasteiger partial charge >= 0.3 is 0 Å². The number of ether oxygens (including phenoxy) is 1. The van der Waals surface area contributed by atoms with Gasteiger partial charge in [-0.05, 0) is 36.1 Å². The fourth-order valence-electron chi connectivity index (χ4n) is 2.49. The van der Waals surface area contributed by atoms with Gasteiger partial charge in [-0.2, -0.15) is 0 Å². The van der Waals surface area contributed by atoms with E-state index in [2.05, 4.69) is 18.7 Å². The summed E-state index contributed by atoms with van der Waals surface area (Å²) in [5.74, 6) is 0.459. The predicted octanol–water partition coefficient (Wildman–Crippen LogP) is 3.29. The second kappa shape index (κ2) is 4.98. The molecule has 1 aromatic rings. The minimum atomic E-state index is 0.0182. The van der Waals surface area contributed by atoms with E-state index in [0.29, 0.717) is 16.2 Å². The summed E-state index contributed by atoms with van der Waals surface area (Å²) >= 11 is 5.99. The van der Waals surface area contributed by atoms with E-state index in [0.717, 1.165) is 25.2 Å².